The van der Waals surface area contributed by atoms with E-state index in [2.05, 4.69) is 92.1 Å². The molecule has 0 aliphatic heterocycles. The minimum absolute atomic E-state index is 0.00832. The van der Waals surface area contributed by atoms with Crippen molar-refractivity contribution in [3.63, 3.8) is 0 Å². The maximum atomic E-state index is 12.9. The van der Waals surface area contributed by atoms with Crippen molar-refractivity contribution in [3.05, 3.63) is 85.1 Å². The van der Waals surface area contributed by atoms with Crippen molar-refractivity contribution in [1.82, 2.24) is 5.32 Å². The van der Waals surface area contributed by atoms with Crippen LogP contribution < -0.4 is 10.2 Å². The minimum Gasteiger partial charge on any atom is -0.756 e. The monoisotopic (exact) mass is 985 g/mol. The standard InChI is InChI=1S/C60H109N2O6P/c1-6-8-10-12-14-16-18-20-22-23-24-25-26-27-28-29-30-31-32-33-34-35-36-37-38-39-40-42-44-46-48-50-52-54-60(64)61-58(57-68-69(65,66)67-56-55-62(3,4)5)59(63)53-51-49-47-45-43-41-21-19-17-15-13-11-9-7-2/h8,10,14,16,20,22,24-25,27-28,43,45,51,53,58-59,63H,6-7,9,11-13,15,17-19,21,23,26,29-42,44,46-50,52,54-57H2,1-5H3,(H-,61,64,65,66)/b10-8-,16-14-,22-20-,25-24-,28-27-,45-43+,53-51+. The Morgan fingerprint density at radius 1 is 0.522 bits per heavy atom. The summed E-state index contributed by atoms with van der Waals surface area (Å²) in [6.45, 7) is 4.51. The Bertz CT molecular complexity index is 1400. The van der Waals surface area contributed by atoms with Crippen LogP contribution in [0.2, 0.25) is 0 Å². The third-order valence-corrected chi connectivity index (χ3v) is 13.3. The van der Waals surface area contributed by atoms with E-state index in [9.17, 15) is 19.4 Å². The number of hydrogen-bond donors (Lipinski definition) is 2. The summed E-state index contributed by atoms with van der Waals surface area (Å²) in [6, 6.07) is -0.905. The van der Waals surface area contributed by atoms with E-state index in [4.69, 9.17) is 9.05 Å². The third-order valence-electron chi connectivity index (χ3n) is 12.3. The van der Waals surface area contributed by atoms with Gasteiger partial charge in [-0.15, -0.1) is 0 Å². The van der Waals surface area contributed by atoms with Crippen molar-refractivity contribution in [2.75, 3.05) is 40.9 Å². The molecule has 0 aromatic rings. The summed E-state index contributed by atoms with van der Waals surface area (Å²) in [5.41, 5.74) is 0. The second-order valence-electron chi connectivity index (χ2n) is 20.3. The molecule has 0 saturated heterocycles. The number of nitrogens with zero attached hydrogens (tertiary/aromatic N) is 1. The molecule has 0 aliphatic rings. The lowest BCUT2D eigenvalue weighted by Crippen LogP contribution is -2.45. The topological polar surface area (TPSA) is 108 Å². The predicted molar refractivity (Wildman–Crippen MR) is 297 cm³/mol. The first-order chi connectivity index (χ1) is 33.5. The highest BCUT2D eigenvalue weighted by Gasteiger charge is 2.23. The van der Waals surface area contributed by atoms with Crippen molar-refractivity contribution >= 4 is 13.7 Å². The van der Waals surface area contributed by atoms with E-state index < -0.39 is 26.6 Å². The van der Waals surface area contributed by atoms with Gasteiger partial charge in [-0.2, -0.15) is 0 Å². The molecule has 0 bridgehead atoms. The Kier molecular flexibility index (Phi) is 48.9. The van der Waals surface area contributed by atoms with E-state index in [1.807, 2.05) is 27.2 Å². The van der Waals surface area contributed by atoms with Crippen LogP contribution >= 0.6 is 7.82 Å². The normalized spacial score (nSPS) is 14.6. The van der Waals surface area contributed by atoms with Gasteiger partial charge in [0.2, 0.25) is 5.91 Å². The average molecular weight is 986 g/mol. The van der Waals surface area contributed by atoms with E-state index >= 15 is 0 Å². The van der Waals surface area contributed by atoms with Gasteiger partial charge in [0, 0.05) is 6.42 Å². The molecule has 0 rings (SSSR count). The summed E-state index contributed by atoms with van der Waals surface area (Å²) >= 11 is 0. The summed E-state index contributed by atoms with van der Waals surface area (Å²) < 4.78 is 23.3. The number of aliphatic hydroxyl groups is 1. The molecule has 0 radical (unpaired) electrons. The fraction of sp³-hybridized carbons (Fsp3) is 0.750. The van der Waals surface area contributed by atoms with Gasteiger partial charge in [-0.3, -0.25) is 9.36 Å². The number of allylic oxidation sites excluding steroid dienone is 13. The number of unbranched alkanes of at least 4 members (excludes halogenated alkanes) is 26. The molecule has 1 amide bonds. The minimum atomic E-state index is -4.60. The molecule has 0 heterocycles. The molecule has 0 aromatic carbocycles. The highest BCUT2D eigenvalue weighted by atomic mass is 31.2. The second-order valence-corrected chi connectivity index (χ2v) is 21.7. The highest BCUT2D eigenvalue weighted by molar-refractivity contribution is 7.45. The van der Waals surface area contributed by atoms with E-state index in [0.717, 1.165) is 70.6 Å². The second kappa shape index (κ2) is 50.6. The van der Waals surface area contributed by atoms with Gasteiger partial charge in [-0.1, -0.05) is 240 Å². The number of nitrogens with one attached hydrogen (secondary N) is 1. The Morgan fingerprint density at radius 3 is 1.35 bits per heavy atom. The number of aliphatic hydroxyl groups excluding tert-OH is 1. The first kappa shape index (κ1) is 66.7. The lowest BCUT2D eigenvalue weighted by Gasteiger charge is -2.29. The molecule has 69 heavy (non-hydrogen) atoms. The zero-order valence-corrected chi connectivity index (χ0v) is 46.4. The van der Waals surface area contributed by atoms with E-state index in [0.29, 0.717) is 17.4 Å². The molecular formula is C60H109N2O6P. The Labute approximate surface area is 426 Å². The Balaban J connectivity index is 4.09. The van der Waals surface area contributed by atoms with Crippen molar-refractivity contribution in [2.24, 2.45) is 0 Å². The number of carbonyl (C=O) groups excluding carboxylic acids is 1. The van der Waals surface area contributed by atoms with Gasteiger partial charge in [0.25, 0.3) is 7.82 Å². The van der Waals surface area contributed by atoms with Crippen molar-refractivity contribution in [3.8, 4) is 0 Å². The molecule has 9 heteroatoms. The van der Waals surface area contributed by atoms with Gasteiger partial charge in [-0.25, -0.2) is 0 Å². The molecule has 2 N–H and O–H groups in total. The van der Waals surface area contributed by atoms with E-state index in [-0.39, 0.29) is 12.5 Å². The number of likely N-dealkylation sites (N-methyl/N-ethyl adjacent to an activating group) is 1. The van der Waals surface area contributed by atoms with Gasteiger partial charge in [0.05, 0.1) is 39.9 Å². The smallest absolute Gasteiger partial charge is 0.268 e. The average Bonchev–Trinajstić information content (AvgIpc) is 3.31. The lowest BCUT2D eigenvalue weighted by molar-refractivity contribution is -0.870. The number of quaternary nitrogens is 1. The number of rotatable bonds is 51. The van der Waals surface area contributed by atoms with Crippen LogP contribution in [0.5, 0.6) is 0 Å². The molecule has 0 saturated carbocycles. The molecule has 400 valence electrons. The quantitative estimate of drug-likeness (QED) is 0.0272. The van der Waals surface area contributed by atoms with Gasteiger partial charge >= 0.3 is 0 Å². The van der Waals surface area contributed by atoms with Crippen molar-refractivity contribution < 1.29 is 32.9 Å². The van der Waals surface area contributed by atoms with Crippen LogP contribution in [0.1, 0.15) is 239 Å². The molecule has 0 aromatic heterocycles. The SMILES string of the molecule is CC/C=C\C/C=C\C/C=C\C/C=C\C/C=C\CCCCCCCCCCCCCCCCCCCC(=O)NC(COP(=O)([O-])OCC[N+](C)(C)C)C(O)/C=C/CC/C=C/CCCCCCCCCC. The maximum absolute atomic E-state index is 12.9. The highest BCUT2D eigenvalue weighted by Crippen LogP contribution is 2.38. The summed E-state index contributed by atoms with van der Waals surface area (Å²) in [4.78, 5) is 25.4. The van der Waals surface area contributed by atoms with Gasteiger partial charge < -0.3 is 28.8 Å². The zero-order chi connectivity index (χ0) is 50.6. The summed E-state index contributed by atoms with van der Waals surface area (Å²) in [6.07, 6.45) is 71.0. The number of carbonyl (C=O) groups is 1. The van der Waals surface area contributed by atoms with E-state index in [1.165, 1.54) is 148 Å². The van der Waals surface area contributed by atoms with Crippen LogP contribution in [0.3, 0.4) is 0 Å². The Hall–Kier alpha value is -2.32. The molecule has 0 spiro atoms. The van der Waals surface area contributed by atoms with Crippen molar-refractivity contribution in [2.45, 2.75) is 251 Å². The van der Waals surface area contributed by atoms with Crippen LogP contribution in [0, 0.1) is 0 Å². The summed E-state index contributed by atoms with van der Waals surface area (Å²) in [5, 5.41) is 13.8. The number of amides is 1. The fourth-order valence-electron chi connectivity index (χ4n) is 7.90. The first-order valence-electron chi connectivity index (χ1n) is 28.4. The Morgan fingerprint density at radius 2 is 0.899 bits per heavy atom. The zero-order valence-electron chi connectivity index (χ0n) is 45.5. The predicted octanol–water partition coefficient (Wildman–Crippen LogP) is 16.6. The van der Waals surface area contributed by atoms with E-state index in [1.54, 1.807) is 6.08 Å². The molecule has 3 atom stereocenters. The maximum Gasteiger partial charge on any atom is 0.268 e. The van der Waals surface area contributed by atoms with Crippen LogP contribution in [-0.2, 0) is 18.4 Å². The largest absolute Gasteiger partial charge is 0.756 e. The van der Waals surface area contributed by atoms with Crippen LogP contribution in [-0.4, -0.2) is 68.5 Å². The van der Waals surface area contributed by atoms with Gasteiger partial charge in [0.1, 0.15) is 13.2 Å². The summed E-state index contributed by atoms with van der Waals surface area (Å²) in [5.74, 6) is -0.209. The van der Waals surface area contributed by atoms with Gasteiger partial charge in [-0.05, 0) is 77.0 Å². The molecule has 8 nitrogen and oxygen atoms in total. The van der Waals surface area contributed by atoms with Crippen LogP contribution in [0.15, 0.2) is 85.1 Å². The van der Waals surface area contributed by atoms with Crippen molar-refractivity contribution in [1.29, 1.82) is 0 Å². The first-order valence-corrected chi connectivity index (χ1v) is 29.9. The van der Waals surface area contributed by atoms with Crippen LogP contribution in [0.25, 0.3) is 0 Å². The molecule has 0 fully saturated rings. The lowest BCUT2D eigenvalue weighted by atomic mass is 10.0. The number of hydrogen-bond acceptors (Lipinski definition) is 6. The molecular weight excluding hydrogens is 876 g/mol. The fourth-order valence-corrected chi connectivity index (χ4v) is 8.62. The number of phosphoric acid groups is 1. The number of phosphoric ester groups is 1. The molecule has 0 aliphatic carbocycles. The van der Waals surface area contributed by atoms with Gasteiger partial charge in [0.15, 0.2) is 0 Å². The summed E-state index contributed by atoms with van der Waals surface area (Å²) in [7, 11) is 1.24. The molecule has 3 unspecified atom stereocenters. The van der Waals surface area contributed by atoms with Crippen LogP contribution in [0.4, 0.5) is 0 Å². The third kappa shape index (κ3) is 53.3.